The Kier molecular flexibility index (Phi) is 51.0. The van der Waals surface area contributed by atoms with E-state index in [4.69, 9.17) is 0 Å². The fourth-order valence-corrected chi connectivity index (χ4v) is 0.232. The van der Waals surface area contributed by atoms with Crippen LogP contribution in [-0.2, 0) is 14.2 Å². The molecule has 0 heterocycles. The molecule has 0 unspecified atom stereocenters. The van der Waals surface area contributed by atoms with E-state index >= 15 is 0 Å². The molecule has 4 heteroatoms. The van der Waals surface area contributed by atoms with Crippen molar-refractivity contribution in [2.75, 3.05) is 20.5 Å². The lowest BCUT2D eigenvalue weighted by molar-refractivity contribution is -0.0351. The molecule has 86 valence electrons. The first kappa shape index (κ1) is 29.5. The summed E-state index contributed by atoms with van der Waals surface area (Å²) in [5.74, 6) is 0. The molecule has 0 rings (SSSR count). The van der Waals surface area contributed by atoms with Crippen LogP contribution in [0.15, 0.2) is 0 Å². The van der Waals surface area contributed by atoms with Gasteiger partial charge in [-0.2, -0.15) is 0 Å². The molecule has 0 saturated heterocycles. The van der Waals surface area contributed by atoms with Crippen LogP contribution in [0.3, 0.4) is 0 Å². The number of carbonyl (C=O) groups excluding carboxylic acids is 1. The topological polar surface area (TPSA) is 44.8 Å². The third-order valence-electron chi connectivity index (χ3n) is 0.631. The zero-order chi connectivity index (χ0) is 7.11. The summed E-state index contributed by atoms with van der Waals surface area (Å²) in [7, 11) is 1.24. The molecule has 0 N–H and O–H groups in total. The highest BCUT2D eigenvalue weighted by Gasteiger charge is 1.96. The van der Waals surface area contributed by atoms with Crippen molar-refractivity contribution in [3.8, 4) is 0 Å². The van der Waals surface area contributed by atoms with E-state index in [-0.39, 0.29) is 36.5 Å². The van der Waals surface area contributed by atoms with Crippen molar-refractivity contribution in [3.05, 3.63) is 0 Å². The van der Waals surface area contributed by atoms with Gasteiger partial charge in [0, 0.05) is 6.61 Å². The summed E-state index contributed by atoms with van der Waals surface area (Å²) in [5.41, 5.74) is 0. The molecule has 0 spiro atoms. The van der Waals surface area contributed by atoms with Gasteiger partial charge in [-0.05, 0) is 6.92 Å². The fraction of sp³-hybridized carbons (Fsp3) is 0.889. The smallest absolute Gasteiger partial charge is 0.438 e. The van der Waals surface area contributed by atoms with Gasteiger partial charge < -0.3 is 14.2 Å². The van der Waals surface area contributed by atoms with Crippen LogP contribution in [0.25, 0.3) is 0 Å². The normalized spacial score (nSPS) is 6.00. The maximum atomic E-state index is 10.2. The summed E-state index contributed by atoms with van der Waals surface area (Å²) in [6.07, 6.45) is -0.719. The molecule has 0 aromatic carbocycles. The molecule has 0 aliphatic carbocycles. The standard InChI is InChI=1S/C5H10O4.4CH4/c1-3-8-4-9-5(6)7-2;;;;/h3-4H2,1-2H3;4*1H4. The first-order chi connectivity index (χ1) is 4.31. The summed E-state index contributed by atoms with van der Waals surface area (Å²) in [5, 5.41) is 0. The average Bonchev–Trinajstić information content (AvgIpc) is 1.89. The lowest BCUT2D eigenvalue weighted by Gasteiger charge is -2.00. The van der Waals surface area contributed by atoms with Gasteiger partial charge in [0.25, 0.3) is 0 Å². The number of hydrogen-bond acceptors (Lipinski definition) is 4. The van der Waals surface area contributed by atoms with Crippen molar-refractivity contribution >= 4 is 6.16 Å². The average molecular weight is 198 g/mol. The van der Waals surface area contributed by atoms with Gasteiger partial charge in [-0.25, -0.2) is 4.79 Å². The summed E-state index contributed by atoms with van der Waals surface area (Å²) in [6, 6.07) is 0. The monoisotopic (exact) mass is 198 g/mol. The lowest BCUT2D eigenvalue weighted by Crippen LogP contribution is -2.07. The van der Waals surface area contributed by atoms with Crippen molar-refractivity contribution < 1.29 is 19.0 Å². The summed E-state index contributed by atoms with van der Waals surface area (Å²) >= 11 is 0. The molecule has 0 bridgehead atoms. The number of methoxy groups -OCH3 is 1. The lowest BCUT2D eigenvalue weighted by atomic mass is 10.9. The van der Waals surface area contributed by atoms with E-state index in [1.54, 1.807) is 6.92 Å². The summed E-state index contributed by atoms with van der Waals surface area (Å²) < 4.78 is 13.2. The molecule has 0 aromatic rings. The van der Waals surface area contributed by atoms with Crippen LogP contribution in [0, 0.1) is 0 Å². The zero-order valence-electron chi connectivity index (χ0n) is 5.55. The second kappa shape index (κ2) is 22.5. The molecule has 0 aliphatic heterocycles. The SMILES string of the molecule is C.C.C.C.CCOCOC(=O)OC. The Morgan fingerprint density at radius 3 is 1.92 bits per heavy atom. The maximum Gasteiger partial charge on any atom is 0.510 e. The van der Waals surface area contributed by atoms with E-state index in [2.05, 4.69) is 14.2 Å². The van der Waals surface area contributed by atoms with E-state index < -0.39 is 6.16 Å². The molecule has 13 heavy (non-hydrogen) atoms. The number of hydrogen-bond donors (Lipinski definition) is 0. The van der Waals surface area contributed by atoms with Gasteiger partial charge in [-0.1, -0.05) is 29.7 Å². The minimum Gasteiger partial charge on any atom is -0.438 e. The molecule has 0 aliphatic rings. The third kappa shape index (κ3) is 24.6. The fourth-order valence-electron chi connectivity index (χ4n) is 0.232. The third-order valence-corrected chi connectivity index (χ3v) is 0.631. The highest BCUT2D eigenvalue weighted by Crippen LogP contribution is 1.81. The summed E-state index contributed by atoms with van der Waals surface area (Å²) in [4.78, 5) is 10.2. The maximum absolute atomic E-state index is 10.2. The first-order valence-electron chi connectivity index (χ1n) is 2.59. The Morgan fingerprint density at radius 1 is 1.15 bits per heavy atom. The molecule has 4 nitrogen and oxygen atoms in total. The van der Waals surface area contributed by atoms with Crippen LogP contribution in [0.5, 0.6) is 0 Å². The minimum atomic E-state index is -0.719. The van der Waals surface area contributed by atoms with E-state index in [0.717, 1.165) is 0 Å². The predicted octanol–water partition coefficient (Wildman–Crippen LogP) is 3.31. The van der Waals surface area contributed by atoms with Crippen molar-refractivity contribution in [1.82, 2.24) is 0 Å². The second-order valence-corrected chi connectivity index (χ2v) is 1.21. The molecule has 0 radical (unpaired) electrons. The van der Waals surface area contributed by atoms with E-state index in [9.17, 15) is 4.79 Å². The van der Waals surface area contributed by atoms with Gasteiger partial charge in [0.2, 0.25) is 0 Å². The molecule has 0 fully saturated rings. The Bertz CT molecular complexity index is 83.7. The molecule has 0 saturated carbocycles. The second-order valence-electron chi connectivity index (χ2n) is 1.21. The van der Waals surface area contributed by atoms with Gasteiger partial charge >= 0.3 is 6.16 Å². The minimum absolute atomic E-state index is 0. The Balaban J connectivity index is -0.0000000533. The van der Waals surface area contributed by atoms with Gasteiger partial charge in [0.15, 0.2) is 6.79 Å². The van der Waals surface area contributed by atoms with Gasteiger partial charge in [0.05, 0.1) is 7.11 Å². The van der Waals surface area contributed by atoms with Crippen LogP contribution < -0.4 is 0 Å². The highest BCUT2D eigenvalue weighted by atomic mass is 16.8. The largest absolute Gasteiger partial charge is 0.510 e. The molecule has 0 aromatic heterocycles. The molecular formula is C9H26O4. The first-order valence-corrected chi connectivity index (χ1v) is 2.59. The quantitative estimate of drug-likeness (QED) is 0.396. The zero-order valence-corrected chi connectivity index (χ0v) is 5.55. The van der Waals surface area contributed by atoms with E-state index in [1.807, 2.05) is 0 Å². The van der Waals surface area contributed by atoms with Gasteiger partial charge in [-0.15, -0.1) is 0 Å². The Hall–Kier alpha value is -0.770. The number of carbonyl (C=O) groups is 1. The Labute approximate surface area is 83.2 Å². The predicted molar refractivity (Wildman–Crippen MR) is 56.9 cm³/mol. The van der Waals surface area contributed by atoms with Crippen molar-refractivity contribution in [2.45, 2.75) is 36.6 Å². The number of rotatable bonds is 3. The van der Waals surface area contributed by atoms with Crippen LogP contribution in [-0.4, -0.2) is 26.7 Å². The highest BCUT2D eigenvalue weighted by molar-refractivity contribution is 5.59. The van der Waals surface area contributed by atoms with Crippen LogP contribution in [0.1, 0.15) is 36.6 Å². The summed E-state index contributed by atoms with van der Waals surface area (Å²) in [6.45, 7) is 2.29. The molecular weight excluding hydrogens is 172 g/mol. The van der Waals surface area contributed by atoms with Crippen molar-refractivity contribution in [2.24, 2.45) is 0 Å². The van der Waals surface area contributed by atoms with Crippen LogP contribution >= 0.6 is 0 Å². The van der Waals surface area contributed by atoms with Crippen LogP contribution in [0.4, 0.5) is 4.79 Å². The van der Waals surface area contributed by atoms with E-state index in [0.29, 0.717) is 6.61 Å². The van der Waals surface area contributed by atoms with Crippen LogP contribution in [0.2, 0.25) is 0 Å². The molecule has 0 atom stereocenters. The number of ether oxygens (including phenoxy) is 3. The van der Waals surface area contributed by atoms with Gasteiger partial charge in [0.1, 0.15) is 0 Å². The molecule has 0 amide bonds. The van der Waals surface area contributed by atoms with E-state index in [1.165, 1.54) is 7.11 Å². The van der Waals surface area contributed by atoms with Crippen molar-refractivity contribution in [1.29, 1.82) is 0 Å². The van der Waals surface area contributed by atoms with Gasteiger partial charge in [-0.3, -0.25) is 0 Å². The Morgan fingerprint density at radius 2 is 1.62 bits per heavy atom. The van der Waals surface area contributed by atoms with Crippen molar-refractivity contribution in [3.63, 3.8) is 0 Å².